The molecule has 0 unspecified atom stereocenters. The average Bonchev–Trinajstić information content (AvgIpc) is 2.25. The van der Waals surface area contributed by atoms with Gasteiger partial charge in [0, 0.05) is 6.42 Å². The van der Waals surface area contributed by atoms with Gasteiger partial charge in [0.1, 0.15) is 6.54 Å². The molecule has 0 fully saturated rings. The van der Waals surface area contributed by atoms with Gasteiger partial charge < -0.3 is 15.2 Å². The molecule has 0 amide bonds. The summed E-state index contributed by atoms with van der Waals surface area (Å²) in [4.78, 5) is 0. The molecule has 1 aromatic carbocycles. The third-order valence-corrected chi connectivity index (χ3v) is 2.15. The van der Waals surface area contributed by atoms with E-state index in [2.05, 4.69) is 0 Å². The van der Waals surface area contributed by atoms with Gasteiger partial charge in [0.05, 0.1) is 19.3 Å². The normalized spacial score (nSPS) is 12.4. The van der Waals surface area contributed by atoms with Crippen molar-refractivity contribution >= 4 is 0 Å². The topological polar surface area (TPSA) is 46.1 Å². The molecule has 0 saturated heterocycles. The first kappa shape index (κ1) is 12.9. The quantitative estimate of drug-likeness (QED) is 0.669. The van der Waals surface area contributed by atoms with Crippen LogP contribution < -0.4 is 10.1 Å². The Hall–Kier alpha value is -1.13. The van der Waals surface area contributed by atoms with Crippen LogP contribution in [0.2, 0.25) is 0 Å². The zero-order valence-corrected chi connectivity index (χ0v) is 9.53. The van der Waals surface area contributed by atoms with Crippen LogP contribution in [-0.2, 0) is 0 Å². The number of halogens is 1. The molecule has 4 heteroatoms. The summed E-state index contributed by atoms with van der Waals surface area (Å²) in [5.74, 6) is -0.0199. The Morgan fingerprint density at radius 3 is 2.88 bits per heavy atom. The Morgan fingerprint density at radius 2 is 2.19 bits per heavy atom. The van der Waals surface area contributed by atoms with E-state index in [1.165, 1.54) is 6.07 Å². The molecule has 0 aliphatic heterocycles. The number of aliphatic hydroxyl groups is 1. The van der Waals surface area contributed by atoms with Crippen LogP contribution in [0.4, 0.5) is 4.39 Å². The fourth-order valence-electron chi connectivity index (χ4n) is 1.33. The number of hydrogen-bond donors (Lipinski definition) is 2. The van der Waals surface area contributed by atoms with Gasteiger partial charge >= 0.3 is 0 Å². The Labute approximate surface area is 95.2 Å². The fourth-order valence-corrected chi connectivity index (χ4v) is 1.33. The minimum absolute atomic E-state index is 0.285. The highest BCUT2D eigenvalue weighted by Gasteiger charge is 2.01. The molecule has 16 heavy (non-hydrogen) atoms. The van der Waals surface area contributed by atoms with Crippen molar-refractivity contribution in [3.8, 4) is 5.75 Å². The van der Waals surface area contributed by atoms with E-state index >= 15 is 0 Å². The first-order valence-electron chi connectivity index (χ1n) is 5.57. The van der Waals surface area contributed by atoms with Crippen LogP contribution in [0, 0.1) is 5.82 Å². The van der Waals surface area contributed by atoms with Gasteiger partial charge in [0.25, 0.3) is 0 Å². The predicted molar refractivity (Wildman–Crippen MR) is 59.9 cm³/mol. The number of para-hydroxylation sites is 1. The molecule has 0 aliphatic carbocycles. The summed E-state index contributed by atoms with van der Waals surface area (Å²) in [5.41, 5.74) is 0. The van der Waals surface area contributed by atoms with E-state index < -0.39 is 0 Å². The van der Waals surface area contributed by atoms with E-state index in [9.17, 15) is 4.39 Å². The lowest BCUT2D eigenvalue weighted by Crippen LogP contribution is -2.86. The van der Waals surface area contributed by atoms with Gasteiger partial charge in [0.2, 0.25) is 0 Å². The second-order valence-electron chi connectivity index (χ2n) is 3.79. The molecule has 1 atom stereocenters. The smallest absolute Gasteiger partial charge is 0.165 e. The average molecular weight is 228 g/mol. The lowest BCUT2D eigenvalue weighted by atomic mass is 10.3. The molecule has 0 bridgehead atoms. The first-order chi connectivity index (χ1) is 7.70. The number of ether oxygens (including phenoxy) is 1. The maximum absolute atomic E-state index is 13.1. The maximum atomic E-state index is 13.1. The summed E-state index contributed by atoms with van der Waals surface area (Å²) < 4.78 is 18.4. The molecule has 3 N–H and O–H groups in total. The maximum Gasteiger partial charge on any atom is 0.165 e. The lowest BCUT2D eigenvalue weighted by molar-refractivity contribution is -0.660. The molecular weight excluding hydrogens is 209 g/mol. The SMILES string of the molecule is C[C@@H](O)C[NH2+]CCCOc1ccccc1F. The molecule has 0 radical (unpaired) electrons. The second kappa shape index (κ2) is 7.19. The third kappa shape index (κ3) is 5.09. The van der Waals surface area contributed by atoms with Gasteiger partial charge in [-0.15, -0.1) is 0 Å². The summed E-state index contributed by atoms with van der Waals surface area (Å²) in [7, 11) is 0. The first-order valence-corrected chi connectivity index (χ1v) is 5.57. The van der Waals surface area contributed by atoms with Gasteiger partial charge in [-0.1, -0.05) is 12.1 Å². The van der Waals surface area contributed by atoms with Crippen LogP contribution in [0.3, 0.4) is 0 Å². The minimum Gasteiger partial charge on any atom is -0.490 e. The minimum atomic E-state index is -0.324. The molecule has 3 nitrogen and oxygen atoms in total. The molecule has 0 aromatic heterocycles. The number of benzene rings is 1. The number of quaternary nitrogens is 1. The number of aliphatic hydroxyl groups excluding tert-OH is 1. The molecule has 0 spiro atoms. The van der Waals surface area contributed by atoms with Crippen molar-refractivity contribution in [2.75, 3.05) is 19.7 Å². The van der Waals surface area contributed by atoms with E-state index in [1.807, 2.05) is 5.32 Å². The highest BCUT2D eigenvalue weighted by Crippen LogP contribution is 2.14. The monoisotopic (exact) mass is 228 g/mol. The molecule has 1 rings (SSSR count). The standard InChI is InChI=1S/C12H18FNO2/c1-10(15)9-14-7-4-8-16-12-6-3-2-5-11(12)13/h2-3,5-6,10,14-15H,4,7-9H2,1H3/p+1/t10-/m1/s1. The van der Waals surface area contributed by atoms with Crippen LogP contribution >= 0.6 is 0 Å². The summed E-state index contributed by atoms with van der Waals surface area (Å²) >= 11 is 0. The third-order valence-electron chi connectivity index (χ3n) is 2.15. The highest BCUT2D eigenvalue weighted by atomic mass is 19.1. The van der Waals surface area contributed by atoms with Crippen LogP contribution in [0.25, 0.3) is 0 Å². The zero-order valence-electron chi connectivity index (χ0n) is 9.53. The lowest BCUT2D eigenvalue weighted by Gasteiger charge is -2.07. The van der Waals surface area contributed by atoms with Crippen LogP contribution in [0.15, 0.2) is 24.3 Å². The molecule has 1 aromatic rings. The predicted octanol–water partition coefficient (Wildman–Crippen LogP) is 0.539. The van der Waals surface area contributed by atoms with Crippen LogP contribution in [0.5, 0.6) is 5.75 Å². The van der Waals surface area contributed by atoms with Gasteiger partial charge in [-0.05, 0) is 19.1 Å². The molecule has 0 heterocycles. The van der Waals surface area contributed by atoms with Crippen LogP contribution in [0.1, 0.15) is 13.3 Å². The van der Waals surface area contributed by atoms with Gasteiger partial charge in [-0.25, -0.2) is 4.39 Å². The Bertz CT molecular complexity index is 305. The van der Waals surface area contributed by atoms with E-state index in [0.717, 1.165) is 13.0 Å². The van der Waals surface area contributed by atoms with Crippen molar-refractivity contribution in [3.63, 3.8) is 0 Å². The Kier molecular flexibility index (Phi) is 5.82. The summed E-state index contributed by atoms with van der Waals surface area (Å²) in [6, 6.07) is 6.39. The van der Waals surface area contributed by atoms with Crippen molar-refractivity contribution in [1.82, 2.24) is 0 Å². The van der Waals surface area contributed by atoms with Crippen molar-refractivity contribution in [1.29, 1.82) is 0 Å². The summed E-state index contributed by atoms with van der Waals surface area (Å²) in [6.45, 7) is 3.82. The van der Waals surface area contributed by atoms with Crippen molar-refractivity contribution in [2.24, 2.45) is 0 Å². The molecular formula is C12H19FNO2+. The van der Waals surface area contributed by atoms with E-state index in [-0.39, 0.29) is 11.9 Å². The Morgan fingerprint density at radius 1 is 1.44 bits per heavy atom. The van der Waals surface area contributed by atoms with E-state index in [4.69, 9.17) is 9.84 Å². The van der Waals surface area contributed by atoms with E-state index in [1.54, 1.807) is 25.1 Å². The zero-order chi connectivity index (χ0) is 11.8. The summed E-state index contributed by atoms with van der Waals surface area (Å²) in [5, 5.41) is 11.0. The molecule has 0 aliphatic rings. The van der Waals surface area contributed by atoms with Crippen molar-refractivity contribution in [3.05, 3.63) is 30.1 Å². The molecule has 0 saturated carbocycles. The highest BCUT2D eigenvalue weighted by molar-refractivity contribution is 5.23. The number of nitrogens with two attached hydrogens (primary N) is 1. The number of hydrogen-bond acceptors (Lipinski definition) is 2. The van der Waals surface area contributed by atoms with E-state index in [0.29, 0.717) is 18.9 Å². The largest absolute Gasteiger partial charge is 0.490 e. The van der Waals surface area contributed by atoms with Gasteiger partial charge in [-0.3, -0.25) is 0 Å². The fraction of sp³-hybridized carbons (Fsp3) is 0.500. The summed E-state index contributed by atoms with van der Waals surface area (Å²) in [6.07, 6.45) is 0.550. The Balaban J connectivity index is 2.10. The van der Waals surface area contributed by atoms with Gasteiger partial charge in [-0.2, -0.15) is 0 Å². The number of rotatable bonds is 7. The molecule has 90 valence electrons. The second-order valence-corrected chi connectivity index (χ2v) is 3.79. The van der Waals surface area contributed by atoms with Crippen molar-refractivity contribution in [2.45, 2.75) is 19.4 Å². The van der Waals surface area contributed by atoms with Gasteiger partial charge in [0.15, 0.2) is 11.6 Å². The van der Waals surface area contributed by atoms with Crippen molar-refractivity contribution < 1.29 is 19.6 Å². The van der Waals surface area contributed by atoms with Crippen LogP contribution in [-0.4, -0.2) is 30.9 Å².